The molecule has 3 fully saturated rings. The van der Waals surface area contributed by atoms with Crippen molar-refractivity contribution in [2.24, 2.45) is 5.92 Å². The summed E-state index contributed by atoms with van der Waals surface area (Å²) in [5, 5.41) is 14.6. The SMILES string of the molecule is O=C(NC1CC1)[C@H]1C[C@H]2OCC[C@H]2N(Cc2ccsc2)C1.O=C(O)C(F)(F)F. The molecule has 6 nitrogen and oxygen atoms in total. The van der Waals surface area contributed by atoms with Gasteiger partial charge in [0.05, 0.1) is 12.0 Å². The van der Waals surface area contributed by atoms with E-state index in [0.29, 0.717) is 12.1 Å². The molecule has 1 aliphatic carbocycles. The minimum atomic E-state index is -5.08. The Balaban J connectivity index is 0.000000279. The number of hydrogen-bond acceptors (Lipinski definition) is 5. The number of carboxylic acid groups (broad SMARTS) is 1. The minimum absolute atomic E-state index is 0.0867. The molecular weight excluding hydrogens is 397 g/mol. The summed E-state index contributed by atoms with van der Waals surface area (Å²) in [6.07, 6.45) is -0.540. The summed E-state index contributed by atoms with van der Waals surface area (Å²) in [5.41, 5.74) is 1.36. The number of nitrogens with zero attached hydrogens (tertiary/aromatic N) is 1. The topological polar surface area (TPSA) is 78.9 Å². The first-order valence-electron chi connectivity index (χ1n) is 9.21. The fourth-order valence-corrected chi connectivity index (χ4v) is 4.25. The number of likely N-dealkylation sites (tertiary alicyclic amines) is 1. The average Bonchev–Trinajstić information content (AvgIpc) is 3.09. The van der Waals surface area contributed by atoms with Gasteiger partial charge in [-0.1, -0.05) is 0 Å². The number of aliphatic carboxylic acids is 1. The number of ether oxygens (including phenoxy) is 1. The van der Waals surface area contributed by atoms with Crippen molar-refractivity contribution in [2.45, 2.75) is 56.6 Å². The van der Waals surface area contributed by atoms with Crippen molar-refractivity contribution >= 4 is 23.2 Å². The number of rotatable bonds is 4. The lowest BCUT2D eigenvalue weighted by Gasteiger charge is -2.40. The molecule has 0 aromatic carbocycles. The van der Waals surface area contributed by atoms with Crippen molar-refractivity contribution in [1.82, 2.24) is 10.2 Å². The monoisotopic (exact) mass is 420 g/mol. The Bertz CT molecular complexity index is 679. The van der Waals surface area contributed by atoms with Crippen LogP contribution in [0.15, 0.2) is 16.8 Å². The molecule has 0 unspecified atom stereocenters. The molecule has 2 saturated heterocycles. The first-order valence-corrected chi connectivity index (χ1v) is 10.2. The minimum Gasteiger partial charge on any atom is -0.475 e. The van der Waals surface area contributed by atoms with E-state index < -0.39 is 12.1 Å². The molecule has 0 bridgehead atoms. The van der Waals surface area contributed by atoms with Crippen LogP contribution >= 0.6 is 11.3 Å². The molecule has 1 amide bonds. The lowest BCUT2D eigenvalue weighted by Crippen LogP contribution is -2.52. The van der Waals surface area contributed by atoms with E-state index >= 15 is 0 Å². The van der Waals surface area contributed by atoms with Gasteiger partial charge in [0.25, 0.3) is 0 Å². The Morgan fingerprint density at radius 1 is 1.32 bits per heavy atom. The Morgan fingerprint density at radius 2 is 2.04 bits per heavy atom. The van der Waals surface area contributed by atoms with E-state index in [4.69, 9.17) is 14.6 Å². The molecule has 3 aliphatic rings. The number of carbonyl (C=O) groups is 2. The molecule has 2 aliphatic heterocycles. The van der Waals surface area contributed by atoms with Crippen molar-refractivity contribution in [3.63, 3.8) is 0 Å². The summed E-state index contributed by atoms with van der Waals surface area (Å²) in [6, 6.07) is 3.13. The maximum atomic E-state index is 12.4. The van der Waals surface area contributed by atoms with Crippen LogP contribution in [0.2, 0.25) is 0 Å². The lowest BCUT2D eigenvalue weighted by atomic mass is 9.89. The number of fused-ring (bicyclic) bond motifs is 1. The van der Waals surface area contributed by atoms with Crippen molar-refractivity contribution in [1.29, 1.82) is 0 Å². The molecule has 28 heavy (non-hydrogen) atoms. The highest BCUT2D eigenvalue weighted by atomic mass is 32.1. The number of carbonyl (C=O) groups excluding carboxylic acids is 1. The zero-order valence-corrected chi connectivity index (χ0v) is 16.0. The van der Waals surface area contributed by atoms with E-state index in [1.807, 2.05) is 0 Å². The van der Waals surface area contributed by atoms with Crippen LogP contribution in [0.4, 0.5) is 13.2 Å². The fraction of sp³-hybridized carbons (Fsp3) is 0.667. The molecule has 1 aromatic heterocycles. The van der Waals surface area contributed by atoms with E-state index in [-0.39, 0.29) is 17.9 Å². The van der Waals surface area contributed by atoms with Gasteiger partial charge in [-0.05, 0) is 48.1 Å². The van der Waals surface area contributed by atoms with Gasteiger partial charge in [-0.3, -0.25) is 9.69 Å². The summed E-state index contributed by atoms with van der Waals surface area (Å²) in [7, 11) is 0. The van der Waals surface area contributed by atoms with Gasteiger partial charge in [-0.15, -0.1) is 0 Å². The predicted molar refractivity (Wildman–Crippen MR) is 95.8 cm³/mol. The van der Waals surface area contributed by atoms with E-state index in [1.54, 1.807) is 11.3 Å². The van der Waals surface area contributed by atoms with Crippen molar-refractivity contribution in [2.75, 3.05) is 13.2 Å². The Hall–Kier alpha value is -1.65. The third kappa shape index (κ3) is 5.68. The van der Waals surface area contributed by atoms with Gasteiger partial charge < -0.3 is 15.2 Å². The van der Waals surface area contributed by atoms with E-state index in [0.717, 1.165) is 45.4 Å². The molecule has 3 atom stereocenters. The van der Waals surface area contributed by atoms with Crippen LogP contribution in [-0.2, 0) is 20.9 Å². The quantitative estimate of drug-likeness (QED) is 0.783. The Kier molecular flexibility index (Phi) is 6.61. The molecule has 10 heteroatoms. The highest BCUT2D eigenvalue weighted by molar-refractivity contribution is 7.07. The molecule has 0 radical (unpaired) electrons. The molecule has 156 valence electrons. The van der Waals surface area contributed by atoms with Crippen LogP contribution in [0.25, 0.3) is 0 Å². The van der Waals surface area contributed by atoms with Crippen LogP contribution in [0, 0.1) is 5.92 Å². The van der Waals surface area contributed by atoms with Crippen molar-refractivity contribution in [3.8, 4) is 0 Å². The fourth-order valence-electron chi connectivity index (χ4n) is 3.59. The number of thiophene rings is 1. The lowest BCUT2D eigenvalue weighted by molar-refractivity contribution is -0.192. The Morgan fingerprint density at radius 3 is 2.61 bits per heavy atom. The standard InChI is InChI=1S/C16H22N2O2S.C2HF3O2/c19-16(17-13-1-2-13)12-7-15-14(3-5-20-15)18(9-12)8-11-4-6-21-10-11;3-2(4,5)1(6)7/h4,6,10,12-15H,1-3,5,7-9H2,(H,17,19);(H,6,7)/t12-,14+,15+;/m0./s1. The molecule has 3 heterocycles. The van der Waals surface area contributed by atoms with Crippen LogP contribution in [0.5, 0.6) is 0 Å². The van der Waals surface area contributed by atoms with Crippen LogP contribution in [0.3, 0.4) is 0 Å². The van der Waals surface area contributed by atoms with E-state index in [9.17, 15) is 18.0 Å². The largest absolute Gasteiger partial charge is 0.490 e. The van der Waals surface area contributed by atoms with Crippen molar-refractivity contribution < 1.29 is 32.6 Å². The van der Waals surface area contributed by atoms with E-state index in [1.165, 1.54) is 5.56 Å². The maximum absolute atomic E-state index is 12.4. The first-order chi connectivity index (χ1) is 13.2. The second kappa shape index (κ2) is 8.79. The maximum Gasteiger partial charge on any atom is 0.490 e. The first kappa shape index (κ1) is 21.1. The molecule has 1 aromatic rings. The molecule has 1 saturated carbocycles. The molecule has 4 rings (SSSR count). The number of carboxylic acids is 1. The number of halogens is 3. The highest BCUT2D eigenvalue weighted by Gasteiger charge is 2.43. The highest BCUT2D eigenvalue weighted by Crippen LogP contribution is 2.33. The summed E-state index contributed by atoms with van der Waals surface area (Å²) in [6.45, 7) is 2.66. The number of hydrogen-bond donors (Lipinski definition) is 2. The second-order valence-corrected chi connectivity index (χ2v) is 8.12. The normalized spacial score (nSPS) is 27.5. The summed E-state index contributed by atoms with van der Waals surface area (Å²) < 4.78 is 37.6. The zero-order chi connectivity index (χ0) is 20.3. The number of alkyl halides is 3. The predicted octanol–water partition coefficient (Wildman–Crippen LogP) is 2.64. The zero-order valence-electron chi connectivity index (χ0n) is 15.2. The van der Waals surface area contributed by atoms with Gasteiger partial charge in [0, 0.05) is 31.8 Å². The van der Waals surface area contributed by atoms with Crippen LogP contribution < -0.4 is 5.32 Å². The van der Waals surface area contributed by atoms with Crippen LogP contribution in [0.1, 0.15) is 31.2 Å². The smallest absolute Gasteiger partial charge is 0.475 e. The Labute approximate surface area is 164 Å². The molecule has 0 spiro atoms. The summed E-state index contributed by atoms with van der Waals surface area (Å²) >= 11 is 1.74. The summed E-state index contributed by atoms with van der Waals surface area (Å²) in [4.78, 5) is 23.8. The van der Waals surface area contributed by atoms with Crippen LogP contribution in [-0.4, -0.2) is 59.4 Å². The van der Waals surface area contributed by atoms with Gasteiger partial charge in [-0.25, -0.2) is 4.79 Å². The van der Waals surface area contributed by atoms with Gasteiger partial charge in [0.15, 0.2) is 0 Å². The molecule has 2 N–H and O–H groups in total. The second-order valence-electron chi connectivity index (χ2n) is 7.34. The van der Waals surface area contributed by atoms with E-state index in [2.05, 4.69) is 27.0 Å². The molecular formula is C18H23F3N2O4S. The number of piperidine rings is 1. The van der Waals surface area contributed by atoms with Gasteiger partial charge in [-0.2, -0.15) is 24.5 Å². The van der Waals surface area contributed by atoms with Gasteiger partial charge >= 0.3 is 12.1 Å². The summed E-state index contributed by atoms with van der Waals surface area (Å²) in [5.74, 6) is -2.43. The van der Waals surface area contributed by atoms with Gasteiger partial charge in [0.2, 0.25) is 5.91 Å². The third-order valence-corrected chi connectivity index (χ3v) is 5.85. The number of amides is 1. The third-order valence-electron chi connectivity index (χ3n) is 5.12. The number of nitrogens with one attached hydrogen (secondary N) is 1. The average molecular weight is 420 g/mol. The van der Waals surface area contributed by atoms with Crippen molar-refractivity contribution in [3.05, 3.63) is 22.4 Å². The van der Waals surface area contributed by atoms with Gasteiger partial charge in [0.1, 0.15) is 0 Å².